The Morgan fingerprint density at radius 2 is 1.81 bits per heavy atom. The maximum Gasteiger partial charge on any atom is 0.330 e. The van der Waals surface area contributed by atoms with Gasteiger partial charge in [-0.25, -0.2) is 14.9 Å². The van der Waals surface area contributed by atoms with Crippen LogP contribution in [0.5, 0.6) is 0 Å². The summed E-state index contributed by atoms with van der Waals surface area (Å²) in [7, 11) is 0. The highest BCUT2D eigenvalue weighted by atomic mass is 16.5. The lowest BCUT2D eigenvalue weighted by atomic mass is 10.4. The first-order valence-electron chi connectivity index (χ1n) is 4.48. The largest absolute Gasteiger partial charge is 0.478 e. The zero-order valence-electron chi connectivity index (χ0n) is 9.39. The van der Waals surface area contributed by atoms with E-state index in [9.17, 15) is 9.59 Å². The smallest absolute Gasteiger partial charge is 0.330 e. The molecule has 0 unspecified atom stereocenters. The molecule has 16 heavy (non-hydrogen) atoms. The maximum atomic E-state index is 10.3. The van der Waals surface area contributed by atoms with Crippen molar-refractivity contribution in [2.75, 3.05) is 6.61 Å². The predicted octanol–water partition coefficient (Wildman–Crippen LogP) is 1.91. The lowest BCUT2D eigenvalue weighted by Gasteiger charge is -1.97. The van der Waals surface area contributed by atoms with Gasteiger partial charge in [-0.15, -0.1) is 0 Å². The number of aliphatic carboxylic acids is 1. The van der Waals surface area contributed by atoms with E-state index in [-0.39, 0.29) is 5.97 Å². The van der Waals surface area contributed by atoms with Crippen molar-refractivity contribution < 1.29 is 19.4 Å². The van der Waals surface area contributed by atoms with Crippen molar-refractivity contribution in [2.45, 2.75) is 19.8 Å². The van der Waals surface area contributed by atoms with E-state index in [0.29, 0.717) is 6.61 Å². The number of hydrogen-bond donors (Lipinski definition) is 1. The fourth-order valence-corrected chi connectivity index (χ4v) is 0.376. The Kier molecular flexibility index (Phi) is 22.7. The third-order valence-corrected chi connectivity index (χ3v) is 1.08. The normalized spacial score (nSPS) is 6.94. The molecule has 0 aliphatic rings. The van der Waals surface area contributed by atoms with Crippen molar-refractivity contribution >= 4 is 11.9 Å². The highest BCUT2D eigenvalue weighted by Gasteiger charge is 1.91. The molecule has 0 amide bonds. The summed E-state index contributed by atoms with van der Waals surface area (Å²) < 4.78 is 4.67. The molecule has 0 radical (unpaired) electrons. The SMILES string of the molecule is C#N.C=CC(=O)O.C=CC(=O)OCCCC. The Morgan fingerprint density at radius 1 is 1.38 bits per heavy atom. The number of unbranched alkanes of at least 4 members (excludes halogenated alkanes) is 1. The Bertz CT molecular complexity index is 233. The molecule has 0 atom stereocenters. The molecule has 0 aromatic carbocycles. The van der Waals surface area contributed by atoms with Crippen LogP contribution in [0.15, 0.2) is 25.3 Å². The number of nitriles is 1. The summed E-state index contributed by atoms with van der Waals surface area (Å²) in [5.41, 5.74) is 0. The topological polar surface area (TPSA) is 87.4 Å². The van der Waals surface area contributed by atoms with E-state index < -0.39 is 5.97 Å². The highest BCUT2D eigenvalue weighted by molar-refractivity contribution is 5.81. The molecule has 90 valence electrons. The van der Waals surface area contributed by atoms with Gasteiger partial charge in [0.25, 0.3) is 0 Å². The van der Waals surface area contributed by atoms with Gasteiger partial charge in [0.15, 0.2) is 0 Å². The molecule has 0 aliphatic heterocycles. The van der Waals surface area contributed by atoms with Crippen molar-refractivity contribution in [1.29, 1.82) is 5.26 Å². The molecule has 0 spiro atoms. The fraction of sp³-hybridized carbons (Fsp3) is 0.364. The van der Waals surface area contributed by atoms with Crippen molar-refractivity contribution in [3.8, 4) is 6.57 Å². The summed E-state index contributed by atoms with van der Waals surface area (Å²) >= 11 is 0. The number of rotatable bonds is 5. The van der Waals surface area contributed by atoms with Crippen LogP contribution in [0, 0.1) is 11.8 Å². The van der Waals surface area contributed by atoms with Gasteiger partial charge >= 0.3 is 11.9 Å². The number of ether oxygens (including phenoxy) is 1. The van der Waals surface area contributed by atoms with E-state index in [2.05, 4.69) is 24.5 Å². The van der Waals surface area contributed by atoms with Crippen LogP contribution in [0.1, 0.15) is 19.8 Å². The summed E-state index contributed by atoms with van der Waals surface area (Å²) in [6, 6.07) is 0. The molecule has 0 aromatic rings. The van der Waals surface area contributed by atoms with Crippen molar-refractivity contribution in [3.63, 3.8) is 0 Å². The van der Waals surface area contributed by atoms with Crippen molar-refractivity contribution in [1.82, 2.24) is 0 Å². The number of hydrogen-bond acceptors (Lipinski definition) is 4. The molecule has 0 aromatic heterocycles. The standard InChI is InChI=1S/C7H12O2.C3H4O2.CHN/c1-3-5-6-9-7(8)4-2;1-2-3(4)5;1-2/h4H,2-3,5-6H2,1H3;2H,1H2,(H,4,5);1H. The van der Waals surface area contributed by atoms with E-state index in [1.54, 1.807) is 0 Å². The number of carboxylic acid groups (broad SMARTS) is 1. The molecule has 5 heteroatoms. The van der Waals surface area contributed by atoms with Gasteiger partial charge in [-0.3, -0.25) is 0 Å². The molecule has 0 fully saturated rings. The summed E-state index contributed by atoms with van der Waals surface area (Å²) in [6.07, 6.45) is 3.99. The predicted molar refractivity (Wildman–Crippen MR) is 60.6 cm³/mol. The van der Waals surface area contributed by atoms with Crippen LogP contribution in [0.2, 0.25) is 0 Å². The second-order valence-corrected chi connectivity index (χ2v) is 2.27. The average Bonchev–Trinajstić information content (AvgIpc) is 2.32. The van der Waals surface area contributed by atoms with Crippen LogP contribution < -0.4 is 0 Å². The monoisotopic (exact) mass is 227 g/mol. The van der Waals surface area contributed by atoms with Gasteiger partial charge in [-0.05, 0) is 6.42 Å². The molecule has 0 heterocycles. The minimum atomic E-state index is -0.981. The van der Waals surface area contributed by atoms with Crippen LogP contribution in [0.25, 0.3) is 0 Å². The quantitative estimate of drug-likeness (QED) is 0.440. The maximum absolute atomic E-state index is 10.3. The first kappa shape index (κ1) is 19.5. The van der Waals surface area contributed by atoms with E-state index in [1.807, 2.05) is 6.92 Å². The third-order valence-electron chi connectivity index (χ3n) is 1.08. The molecular weight excluding hydrogens is 210 g/mol. The summed E-state index contributed by atoms with van der Waals surface area (Å²) in [6.45, 7) is 12.3. The average molecular weight is 227 g/mol. The molecule has 0 bridgehead atoms. The zero-order chi connectivity index (χ0) is 13.4. The Balaban J connectivity index is -0.000000205. The van der Waals surface area contributed by atoms with Crippen LogP contribution in [0.4, 0.5) is 0 Å². The van der Waals surface area contributed by atoms with Gasteiger partial charge < -0.3 is 9.84 Å². The fourth-order valence-electron chi connectivity index (χ4n) is 0.376. The molecule has 5 nitrogen and oxygen atoms in total. The van der Waals surface area contributed by atoms with Crippen molar-refractivity contribution in [3.05, 3.63) is 25.3 Å². The molecular formula is C11H17NO4. The second-order valence-electron chi connectivity index (χ2n) is 2.27. The van der Waals surface area contributed by atoms with Crippen LogP contribution in [-0.4, -0.2) is 23.7 Å². The first-order chi connectivity index (χ1) is 7.58. The van der Waals surface area contributed by atoms with Gasteiger partial charge in [0.1, 0.15) is 0 Å². The number of carboxylic acids is 1. The highest BCUT2D eigenvalue weighted by Crippen LogP contribution is 1.88. The summed E-state index contributed by atoms with van der Waals surface area (Å²) in [5.74, 6) is -1.31. The van der Waals surface area contributed by atoms with Gasteiger partial charge in [0.05, 0.1) is 6.61 Å². The van der Waals surface area contributed by atoms with Crippen molar-refractivity contribution in [2.24, 2.45) is 0 Å². The second kappa shape index (κ2) is 18.6. The van der Waals surface area contributed by atoms with E-state index >= 15 is 0 Å². The van der Waals surface area contributed by atoms with Gasteiger partial charge in [-0.2, -0.15) is 0 Å². The summed E-state index contributed by atoms with van der Waals surface area (Å²) in [5, 5.41) is 14.1. The lowest BCUT2D eigenvalue weighted by molar-refractivity contribution is -0.137. The van der Waals surface area contributed by atoms with E-state index in [4.69, 9.17) is 10.4 Å². The third kappa shape index (κ3) is 29.7. The first-order valence-corrected chi connectivity index (χ1v) is 4.48. The van der Waals surface area contributed by atoms with Crippen LogP contribution in [0.3, 0.4) is 0 Å². The molecule has 0 saturated carbocycles. The zero-order valence-corrected chi connectivity index (χ0v) is 9.39. The van der Waals surface area contributed by atoms with Gasteiger partial charge in [0, 0.05) is 18.7 Å². The molecule has 0 saturated heterocycles. The van der Waals surface area contributed by atoms with Crippen LogP contribution in [-0.2, 0) is 14.3 Å². The van der Waals surface area contributed by atoms with Gasteiger partial charge in [0.2, 0.25) is 0 Å². The molecule has 0 rings (SSSR count). The number of esters is 1. The van der Waals surface area contributed by atoms with E-state index in [0.717, 1.165) is 18.9 Å². The van der Waals surface area contributed by atoms with Crippen LogP contribution >= 0.6 is 0 Å². The minimum absolute atomic E-state index is 0.330. The summed E-state index contributed by atoms with van der Waals surface area (Å²) in [4.78, 5) is 19.6. The number of nitrogens with zero attached hydrogens (tertiary/aromatic N) is 1. The molecule has 0 aliphatic carbocycles. The molecule has 1 N–H and O–H groups in total. The number of carbonyl (C=O) groups is 2. The van der Waals surface area contributed by atoms with Gasteiger partial charge in [-0.1, -0.05) is 26.5 Å². The number of carbonyl (C=O) groups excluding carboxylic acids is 1. The Hall–Kier alpha value is -2.09. The van der Waals surface area contributed by atoms with E-state index in [1.165, 1.54) is 6.08 Å². The Labute approximate surface area is 95.6 Å². The minimum Gasteiger partial charge on any atom is -0.478 e. The Morgan fingerprint density at radius 3 is 2.06 bits per heavy atom. The lowest BCUT2D eigenvalue weighted by Crippen LogP contribution is -2.00.